The molecule has 0 saturated heterocycles. The fraction of sp³-hybridized carbons (Fsp3) is 0.429. The van der Waals surface area contributed by atoms with Crippen molar-refractivity contribution < 1.29 is 14.6 Å². The second-order valence-electron chi connectivity index (χ2n) is 4.28. The molecule has 1 amide bonds. The molecule has 0 radical (unpaired) electrons. The second-order valence-corrected chi connectivity index (χ2v) is 4.28. The van der Waals surface area contributed by atoms with E-state index >= 15 is 0 Å². The molecule has 5 heteroatoms. The maximum Gasteiger partial charge on any atom is 0.273 e. The summed E-state index contributed by atoms with van der Waals surface area (Å²) in [4.78, 5) is 16.0. The van der Waals surface area contributed by atoms with Crippen LogP contribution in [0.3, 0.4) is 0 Å². The van der Waals surface area contributed by atoms with Gasteiger partial charge in [0, 0.05) is 19.3 Å². The highest BCUT2D eigenvalue weighted by atomic mass is 16.5. The summed E-state index contributed by atoms with van der Waals surface area (Å²) in [5, 5.41) is 11.6. The Morgan fingerprint density at radius 2 is 2.47 bits per heavy atom. The standard InChI is InChI=1S/C14H20N2O3/c1-3-9-19-12-5-4-7-15-13(12)14(18)16-10-11(2)6-8-17/h3-5,7,11,17H,1,6,8-10H2,2H3,(H,16,18). The van der Waals surface area contributed by atoms with Gasteiger partial charge in [-0.25, -0.2) is 4.98 Å². The molecule has 0 aliphatic carbocycles. The molecule has 0 aliphatic heterocycles. The van der Waals surface area contributed by atoms with E-state index in [0.717, 1.165) is 0 Å². The number of aliphatic hydroxyl groups is 1. The van der Waals surface area contributed by atoms with E-state index in [2.05, 4.69) is 16.9 Å². The molecular weight excluding hydrogens is 244 g/mol. The van der Waals surface area contributed by atoms with Crippen molar-refractivity contribution in [2.45, 2.75) is 13.3 Å². The lowest BCUT2D eigenvalue weighted by molar-refractivity contribution is 0.0936. The summed E-state index contributed by atoms with van der Waals surface area (Å²) in [6, 6.07) is 3.41. The van der Waals surface area contributed by atoms with Crippen molar-refractivity contribution in [1.82, 2.24) is 10.3 Å². The molecule has 5 nitrogen and oxygen atoms in total. The number of ether oxygens (including phenoxy) is 1. The third-order valence-corrected chi connectivity index (χ3v) is 2.58. The molecule has 0 saturated carbocycles. The Morgan fingerprint density at radius 3 is 3.16 bits per heavy atom. The number of aliphatic hydroxyl groups excluding tert-OH is 1. The largest absolute Gasteiger partial charge is 0.487 e. The Kier molecular flexibility index (Phi) is 6.60. The number of pyridine rings is 1. The predicted octanol–water partition coefficient (Wildman–Crippen LogP) is 1.39. The van der Waals surface area contributed by atoms with Crippen LogP contribution < -0.4 is 10.1 Å². The van der Waals surface area contributed by atoms with E-state index in [-0.39, 0.29) is 24.1 Å². The van der Waals surface area contributed by atoms with Crippen LogP contribution in [0.25, 0.3) is 0 Å². The van der Waals surface area contributed by atoms with E-state index in [9.17, 15) is 4.79 Å². The first-order valence-corrected chi connectivity index (χ1v) is 6.26. The van der Waals surface area contributed by atoms with Gasteiger partial charge >= 0.3 is 0 Å². The maximum absolute atomic E-state index is 12.0. The van der Waals surface area contributed by atoms with Crippen molar-refractivity contribution in [3.8, 4) is 5.75 Å². The minimum Gasteiger partial charge on any atom is -0.487 e. The summed E-state index contributed by atoms with van der Waals surface area (Å²) < 4.78 is 5.38. The molecule has 1 atom stereocenters. The van der Waals surface area contributed by atoms with Crippen LogP contribution in [0.2, 0.25) is 0 Å². The van der Waals surface area contributed by atoms with Crippen LogP contribution in [0.4, 0.5) is 0 Å². The number of amides is 1. The topological polar surface area (TPSA) is 71.5 Å². The predicted molar refractivity (Wildman–Crippen MR) is 73.1 cm³/mol. The van der Waals surface area contributed by atoms with Gasteiger partial charge in [0.25, 0.3) is 5.91 Å². The SMILES string of the molecule is C=CCOc1cccnc1C(=O)NCC(C)CCO. The first-order valence-electron chi connectivity index (χ1n) is 6.26. The van der Waals surface area contributed by atoms with E-state index in [1.807, 2.05) is 6.92 Å². The van der Waals surface area contributed by atoms with E-state index in [1.165, 1.54) is 0 Å². The highest BCUT2D eigenvalue weighted by Gasteiger charge is 2.14. The monoisotopic (exact) mass is 264 g/mol. The summed E-state index contributed by atoms with van der Waals surface area (Å²) in [6.07, 6.45) is 3.81. The Labute approximate surface area is 113 Å². The van der Waals surface area contributed by atoms with Crippen LogP contribution >= 0.6 is 0 Å². The molecule has 0 bridgehead atoms. The zero-order valence-electron chi connectivity index (χ0n) is 11.1. The molecule has 0 aromatic carbocycles. The first-order chi connectivity index (χ1) is 9.19. The van der Waals surface area contributed by atoms with Crippen LogP contribution in [-0.2, 0) is 0 Å². The highest BCUT2D eigenvalue weighted by molar-refractivity contribution is 5.94. The first kappa shape index (κ1) is 15.2. The van der Waals surface area contributed by atoms with Crippen LogP contribution in [0.15, 0.2) is 31.0 Å². The zero-order valence-corrected chi connectivity index (χ0v) is 11.1. The number of carbonyl (C=O) groups excluding carboxylic acids is 1. The number of nitrogens with one attached hydrogen (secondary N) is 1. The van der Waals surface area contributed by atoms with Gasteiger partial charge in [0.2, 0.25) is 0 Å². The molecule has 0 aliphatic rings. The molecule has 19 heavy (non-hydrogen) atoms. The molecule has 1 aromatic heterocycles. The van der Waals surface area contributed by atoms with Crippen LogP contribution in [0.1, 0.15) is 23.8 Å². The number of hydrogen-bond acceptors (Lipinski definition) is 4. The second kappa shape index (κ2) is 8.26. The maximum atomic E-state index is 12.0. The fourth-order valence-electron chi connectivity index (χ4n) is 1.50. The van der Waals surface area contributed by atoms with Gasteiger partial charge in [0.05, 0.1) is 0 Å². The lowest BCUT2D eigenvalue weighted by Crippen LogP contribution is -2.29. The number of rotatable bonds is 8. The van der Waals surface area contributed by atoms with Gasteiger partial charge in [-0.05, 0) is 24.5 Å². The Bertz CT molecular complexity index is 421. The molecular formula is C14H20N2O3. The van der Waals surface area contributed by atoms with Gasteiger partial charge in [-0.3, -0.25) is 4.79 Å². The zero-order chi connectivity index (χ0) is 14.1. The molecule has 1 rings (SSSR count). The van der Waals surface area contributed by atoms with Gasteiger partial charge in [0.1, 0.15) is 6.61 Å². The van der Waals surface area contributed by atoms with Crippen LogP contribution in [0, 0.1) is 5.92 Å². The van der Waals surface area contributed by atoms with Gasteiger partial charge in [-0.1, -0.05) is 19.6 Å². The third kappa shape index (κ3) is 5.09. The van der Waals surface area contributed by atoms with Gasteiger partial charge in [-0.2, -0.15) is 0 Å². The van der Waals surface area contributed by atoms with Crippen molar-refractivity contribution in [3.05, 3.63) is 36.7 Å². The minimum atomic E-state index is -0.274. The van der Waals surface area contributed by atoms with Crippen LogP contribution in [0.5, 0.6) is 5.75 Å². The van der Waals surface area contributed by atoms with Crippen molar-refractivity contribution in [1.29, 1.82) is 0 Å². The normalized spacial score (nSPS) is 11.7. The number of nitrogens with zero attached hydrogens (tertiary/aromatic N) is 1. The number of aromatic nitrogens is 1. The Hall–Kier alpha value is -1.88. The van der Waals surface area contributed by atoms with Gasteiger partial charge in [0.15, 0.2) is 11.4 Å². The fourth-order valence-corrected chi connectivity index (χ4v) is 1.50. The number of carbonyl (C=O) groups is 1. The highest BCUT2D eigenvalue weighted by Crippen LogP contribution is 2.15. The van der Waals surface area contributed by atoms with E-state index in [4.69, 9.17) is 9.84 Å². The van der Waals surface area contributed by atoms with Crippen molar-refractivity contribution >= 4 is 5.91 Å². The number of hydrogen-bond donors (Lipinski definition) is 2. The third-order valence-electron chi connectivity index (χ3n) is 2.58. The smallest absolute Gasteiger partial charge is 0.273 e. The van der Waals surface area contributed by atoms with Gasteiger partial charge in [-0.15, -0.1) is 0 Å². The van der Waals surface area contributed by atoms with E-state index in [1.54, 1.807) is 24.4 Å². The molecule has 0 fully saturated rings. The van der Waals surface area contributed by atoms with E-state index in [0.29, 0.717) is 25.3 Å². The minimum absolute atomic E-state index is 0.119. The summed E-state index contributed by atoms with van der Waals surface area (Å²) in [5.74, 6) is 0.384. The molecule has 104 valence electrons. The Morgan fingerprint density at radius 1 is 1.68 bits per heavy atom. The Balaban J connectivity index is 2.62. The summed E-state index contributed by atoms with van der Waals surface area (Å²) in [5.41, 5.74) is 0.264. The van der Waals surface area contributed by atoms with Gasteiger partial charge < -0.3 is 15.2 Å². The molecule has 2 N–H and O–H groups in total. The average molecular weight is 264 g/mol. The summed E-state index contributed by atoms with van der Waals surface area (Å²) >= 11 is 0. The van der Waals surface area contributed by atoms with Crippen molar-refractivity contribution in [2.75, 3.05) is 19.8 Å². The van der Waals surface area contributed by atoms with Crippen molar-refractivity contribution in [2.24, 2.45) is 5.92 Å². The molecule has 0 spiro atoms. The lowest BCUT2D eigenvalue weighted by atomic mass is 10.1. The molecule has 1 aromatic rings. The summed E-state index contributed by atoms with van der Waals surface area (Å²) in [6.45, 7) is 6.47. The van der Waals surface area contributed by atoms with Crippen LogP contribution in [-0.4, -0.2) is 35.8 Å². The average Bonchev–Trinajstić information content (AvgIpc) is 2.43. The quantitative estimate of drug-likeness (QED) is 0.696. The van der Waals surface area contributed by atoms with Crippen molar-refractivity contribution in [3.63, 3.8) is 0 Å². The lowest BCUT2D eigenvalue weighted by Gasteiger charge is -2.12. The summed E-state index contributed by atoms with van der Waals surface area (Å²) in [7, 11) is 0. The van der Waals surface area contributed by atoms with E-state index < -0.39 is 0 Å². The molecule has 1 heterocycles. The molecule has 1 unspecified atom stereocenters.